The first-order chi connectivity index (χ1) is 10.7. The molecule has 0 unspecified atom stereocenters. The van der Waals surface area contributed by atoms with Crippen molar-refractivity contribution in [3.05, 3.63) is 39.9 Å². The number of fused-ring (bicyclic) bond motifs is 2. The van der Waals surface area contributed by atoms with Crippen LogP contribution in [0.5, 0.6) is 0 Å². The molecular weight excluding hydrogens is 294 g/mol. The van der Waals surface area contributed by atoms with Crippen molar-refractivity contribution in [3.63, 3.8) is 0 Å². The molecule has 3 aromatic rings. The third-order valence-electron chi connectivity index (χ3n) is 4.97. The molecule has 0 saturated heterocycles. The lowest BCUT2D eigenvalue weighted by Gasteiger charge is -2.16. The predicted octanol–water partition coefficient (Wildman–Crippen LogP) is 2.83. The Morgan fingerprint density at radius 1 is 1.32 bits per heavy atom. The van der Waals surface area contributed by atoms with Gasteiger partial charge < -0.3 is 0 Å². The summed E-state index contributed by atoms with van der Waals surface area (Å²) in [5, 5.41) is 6.66. The molecule has 0 atom stereocenters. The molecule has 1 aliphatic carbocycles. The molecule has 0 bridgehead atoms. The molecule has 5 rings (SSSR count). The lowest BCUT2D eigenvalue weighted by atomic mass is 10.3. The Labute approximate surface area is 133 Å². The smallest absolute Gasteiger partial charge is 0.194 e. The first-order valence-corrected chi connectivity index (χ1v) is 8.76. The summed E-state index contributed by atoms with van der Waals surface area (Å²) in [5.41, 5.74) is 6.76. The number of imidazole rings is 1. The minimum Gasteiger partial charge on any atom is -0.290 e. The van der Waals surface area contributed by atoms with Gasteiger partial charge in [-0.3, -0.25) is 14.0 Å². The van der Waals surface area contributed by atoms with Gasteiger partial charge in [-0.1, -0.05) is 0 Å². The summed E-state index contributed by atoms with van der Waals surface area (Å²) >= 11 is 1.79. The Bertz CT molecular complexity index is 867. The second-order valence-electron chi connectivity index (χ2n) is 6.58. The molecule has 0 radical (unpaired) electrons. The molecule has 1 aliphatic heterocycles. The maximum atomic E-state index is 4.78. The van der Waals surface area contributed by atoms with Crippen molar-refractivity contribution in [2.75, 3.05) is 0 Å². The standard InChI is InChI=1S/C16H19N5S/c1-10-13(7-20-6-12-5-17-19(2)14(12)8-20)21-15(11-3-4-11)9-22-16(21)18-10/h5,9,11H,3-4,6-8H2,1-2H3. The topological polar surface area (TPSA) is 38.4 Å². The largest absolute Gasteiger partial charge is 0.290 e. The van der Waals surface area contributed by atoms with Crippen LogP contribution in [0.1, 0.15) is 47.1 Å². The Hall–Kier alpha value is -1.66. The molecule has 2 aliphatic rings. The van der Waals surface area contributed by atoms with E-state index in [4.69, 9.17) is 4.98 Å². The van der Waals surface area contributed by atoms with Crippen LogP contribution in [0.4, 0.5) is 0 Å². The summed E-state index contributed by atoms with van der Waals surface area (Å²) < 4.78 is 4.44. The van der Waals surface area contributed by atoms with Gasteiger partial charge in [-0.05, 0) is 19.8 Å². The van der Waals surface area contributed by atoms with E-state index in [1.165, 1.54) is 41.2 Å². The Kier molecular flexibility index (Phi) is 2.58. The van der Waals surface area contributed by atoms with Crippen molar-refractivity contribution < 1.29 is 0 Å². The van der Waals surface area contributed by atoms with Gasteiger partial charge in [0.2, 0.25) is 0 Å². The zero-order valence-corrected chi connectivity index (χ0v) is 13.7. The number of aryl methyl sites for hydroxylation is 2. The molecule has 4 heterocycles. The molecule has 3 aromatic heterocycles. The average molecular weight is 313 g/mol. The summed E-state index contributed by atoms with van der Waals surface area (Å²) in [6, 6.07) is 0. The monoisotopic (exact) mass is 313 g/mol. The third-order valence-corrected chi connectivity index (χ3v) is 5.81. The fraction of sp³-hybridized carbons (Fsp3) is 0.500. The van der Waals surface area contributed by atoms with Gasteiger partial charge in [-0.15, -0.1) is 11.3 Å². The minimum atomic E-state index is 0.765. The molecule has 114 valence electrons. The SMILES string of the molecule is Cc1nc2scc(C3CC3)n2c1CN1Cc2cnn(C)c2C1. The first kappa shape index (κ1) is 12.8. The van der Waals surface area contributed by atoms with Gasteiger partial charge >= 0.3 is 0 Å². The van der Waals surface area contributed by atoms with Crippen LogP contribution in [0.25, 0.3) is 4.96 Å². The highest BCUT2D eigenvalue weighted by molar-refractivity contribution is 7.15. The highest BCUT2D eigenvalue weighted by Gasteiger charge is 2.30. The van der Waals surface area contributed by atoms with E-state index >= 15 is 0 Å². The van der Waals surface area contributed by atoms with Crippen molar-refractivity contribution >= 4 is 16.3 Å². The Morgan fingerprint density at radius 2 is 2.18 bits per heavy atom. The molecule has 0 spiro atoms. The van der Waals surface area contributed by atoms with Crippen LogP contribution in [0.3, 0.4) is 0 Å². The molecule has 6 heteroatoms. The molecule has 0 aromatic carbocycles. The van der Waals surface area contributed by atoms with Crippen LogP contribution in [-0.4, -0.2) is 24.1 Å². The van der Waals surface area contributed by atoms with E-state index in [9.17, 15) is 0 Å². The van der Waals surface area contributed by atoms with Crippen LogP contribution in [-0.2, 0) is 26.7 Å². The lowest BCUT2D eigenvalue weighted by molar-refractivity contribution is 0.264. The number of aromatic nitrogens is 4. The molecule has 0 N–H and O–H groups in total. The molecule has 1 fully saturated rings. The fourth-order valence-corrected chi connectivity index (χ4v) is 4.60. The van der Waals surface area contributed by atoms with Crippen LogP contribution in [0.15, 0.2) is 11.6 Å². The summed E-state index contributed by atoms with van der Waals surface area (Å²) in [5.74, 6) is 0.765. The summed E-state index contributed by atoms with van der Waals surface area (Å²) in [6.07, 6.45) is 4.68. The van der Waals surface area contributed by atoms with Gasteiger partial charge in [-0.2, -0.15) is 5.10 Å². The maximum absolute atomic E-state index is 4.78. The van der Waals surface area contributed by atoms with E-state index in [0.717, 1.165) is 30.5 Å². The van der Waals surface area contributed by atoms with Gasteiger partial charge in [0, 0.05) is 49.2 Å². The summed E-state index contributed by atoms with van der Waals surface area (Å²) in [4.78, 5) is 8.43. The second-order valence-corrected chi connectivity index (χ2v) is 7.42. The number of hydrogen-bond acceptors (Lipinski definition) is 4. The van der Waals surface area contributed by atoms with E-state index in [1.54, 1.807) is 11.3 Å². The lowest BCUT2D eigenvalue weighted by Crippen LogP contribution is -2.19. The van der Waals surface area contributed by atoms with Crippen molar-refractivity contribution in [2.45, 2.75) is 45.3 Å². The van der Waals surface area contributed by atoms with Crippen LogP contribution in [0.2, 0.25) is 0 Å². The Balaban J connectivity index is 1.49. The second kappa shape index (κ2) is 4.43. The van der Waals surface area contributed by atoms with E-state index in [2.05, 4.69) is 26.7 Å². The first-order valence-electron chi connectivity index (χ1n) is 7.88. The number of rotatable bonds is 3. The van der Waals surface area contributed by atoms with Crippen molar-refractivity contribution in [1.29, 1.82) is 0 Å². The van der Waals surface area contributed by atoms with Gasteiger partial charge in [0.1, 0.15) is 0 Å². The van der Waals surface area contributed by atoms with E-state index in [1.807, 2.05) is 17.9 Å². The van der Waals surface area contributed by atoms with Gasteiger partial charge in [0.05, 0.1) is 23.3 Å². The van der Waals surface area contributed by atoms with Crippen molar-refractivity contribution in [2.24, 2.45) is 7.05 Å². The van der Waals surface area contributed by atoms with Crippen molar-refractivity contribution in [3.8, 4) is 0 Å². The van der Waals surface area contributed by atoms with Crippen LogP contribution in [0, 0.1) is 6.92 Å². The van der Waals surface area contributed by atoms with Gasteiger partial charge in [-0.25, -0.2) is 4.98 Å². The summed E-state index contributed by atoms with van der Waals surface area (Å²) in [6.45, 7) is 5.11. The highest BCUT2D eigenvalue weighted by Crippen LogP contribution is 2.42. The van der Waals surface area contributed by atoms with E-state index < -0.39 is 0 Å². The molecule has 5 nitrogen and oxygen atoms in total. The predicted molar refractivity (Wildman–Crippen MR) is 85.9 cm³/mol. The molecule has 0 amide bonds. The fourth-order valence-electron chi connectivity index (χ4n) is 3.57. The minimum absolute atomic E-state index is 0.765. The zero-order valence-electron chi connectivity index (χ0n) is 12.9. The van der Waals surface area contributed by atoms with Crippen LogP contribution >= 0.6 is 11.3 Å². The number of nitrogens with zero attached hydrogens (tertiary/aromatic N) is 5. The van der Waals surface area contributed by atoms with Gasteiger partial charge in [0.15, 0.2) is 4.96 Å². The number of thiazole rings is 1. The van der Waals surface area contributed by atoms with E-state index in [0.29, 0.717) is 0 Å². The summed E-state index contributed by atoms with van der Waals surface area (Å²) in [7, 11) is 2.04. The Morgan fingerprint density at radius 3 is 2.95 bits per heavy atom. The molecule has 1 saturated carbocycles. The molecular formula is C16H19N5S. The quantitative estimate of drug-likeness (QED) is 0.746. The van der Waals surface area contributed by atoms with E-state index in [-0.39, 0.29) is 0 Å². The van der Waals surface area contributed by atoms with Gasteiger partial charge in [0.25, 0.3) is 0 Å². The maximum Gasteiger partial charge on any atom is 0.194 e. The number of hydrogen-bond donors (Lipinski definition) is 0. The van der Waals surface area contributed by atoms with Crippen LogP contribution < -0.4 is 0 Å². The zero-order chi connectivity index (χ0) is 14.8. The normalized spacial score (nSPS) is 18.5. The van der Waals surface area contributed by atoms with Crippen molar-refractivity contribution in [1.82, 2.24) is 24.1 Å². The highest BCUT2D eigenvalue weighted by atomic mass is 32.1. The molecule has 22 heavy (non-hydrogen) atoms. The third kappa shape index (κ3) is 1.80. The average Bonchev–Trinajstić information content (AvgIpc) is 2.84.